The van der Waals surface area contributed by atoms with Gasteiger partial charge in [-0.05, 0) is 82.0 Å². The van der Waals surface area contributed by atoms with Crippen LogP contribution in [-0.2, 0) is 19.1 Å². The minimum atomic E-state index is -0.874. The Bertz CT molecular complexity index is 1100. The van der Waals surface area contributed by atoms with E-state index in [-0.39, 0.29) is 18.6 Å². The molecule has 2 rings (SSSR count). The molecule has 0 bridgehead atoms. The zero-order valence-electron chi connectivity index (χ0n) is 22.1. The van der Waals surface area contributed by atoms with Crippen molar-refractivity contribution < 1.29 is 28.6 Å². The smallest absolute Gasteiger partial charge is 0.329 e. The summed E-state index contributed by atoms with van der Waals surface area (Å²) in [5.74, 6) is -1.14. The first-order valence-corrected chi connectivity index (χ1v) is 12.2. The lowest BCUT2D eigenvalue weighted by molar-refractivity contribution is -0.139. The average Bonchev–Trinajstić information content (AvgIpc) is 2.86. The molecule has 0 aromatic heterocycles. The third kappa shape index (κ3) is 10.3. The van der Waals surface area contributed by atoms with Crippen molar-refractivity contribution in [2.75, 3.05) is 31.7 Å². The van der Waals surface area contributed by atoms with E-state index in [1.165, 1.54) is 6.21 Å². The van der Waals surface area contributed by atoms with Gasteiger partial charge in [0.25, 0.3) is 5.91 Å². The summed E-state index contributed by atoms with van der Waals surface area (Å²) in [6.07, 6.45) is 2.09. The first-order chi connectivity index (χ1) is 17.7. The molecule has 3 N–H and O–H groups in total. The number of nitrogens with zero attached hydrogens (tertiary/aromatic N) is 1. The Hall–Kier alpha value is -3.92. The van der Waals surface area contributed by atoms with Crippen molar-refractivity contribution in [2.45, 2.75) is 47.1 Å². The van der Waals surface area contributed by atoms with Crippen molar-refractivity contribution >= 4 is 29.6 Å². The highest BCUT2D eigenvalue weighted by Crippen LogP contribution is 2.28. The Kier molecular flexibility index (Phi) is 12.1. The summed E-state index contributed by atoms with van der Waals surface area (Å²) >= 11 is 0. The van der Waals surface area contributed by atoms with Gasteiger partial charge in [0.05, 0.1) is 18.9 Å². The molecule has 10 heteroatoms. The van der Waals surface area contributed by atoms with E-state index < -0.39 is 11.8 Å². The number of benzene rings is 2. The van der Waals surface area contributed by atoms with E-state index >= 15 is 0 Å². The lowest BCUT2D eigenvalue weighted by Crippen LogP contribution is -2.38. The maximum atomic E-state index is 12.4. The Morgan fingerprint density at radius 1 is 1.03 bits per heavy atom. The van der Waals surface area contributed by atoms with Gasteiger partial charge in [0.1, 0.15) is 0 Å². The summed E-state index contributed by atoms with van der Waals surface area (Å²) in [4.78, 5) is 36.1. The predicted molar refractivity (Wildman–Crippen MR) is 142 cm³/mol. The van der Waals surface area contributed by atoms with E-state index in [0.29, 0.717) is 43.2 Å². The fourth-order valence-corrected chi connectivity index (χ4v) is 3.10. The lowest BCUT2D eigenvalue weighted by Gasteiger charge is -2.14. The van der Waals surface area contributed by atoms with Crippen LogP contribution in [0, 0.1) is 13.8 Å². The number of hydrogen-bond donors (Lipinski definition) is 3. The monoisotopic (exact) mass is 512 g/mol. The highest BCUT2D eigenvalue weighted by Gasteiger charge is 2.13. The second-order valence-corrected chi connectivity index (χ2v) is 8.45. The van der Waals surface area contributed by atoms with Gasteiger partial charge in [0.15, 0.2) is 18.1 Å². The molecule has 0 fully saturated rings. The molecule has 0 saturated carbocycles. The van der Waals surface area contributed by atoms with Gasteiger partial charge < -0.3 is 24.8 Å². The van der Waals surface area contributed by atoms with Gasteiger partial charge in [-0.3, -0.25) is 14.4 Å². The maximum absolute atomic E-state index is 12.4. The summed E-state index contributed by atoms with van der Waals surface area (Å²) in [6.45, 7) is 10.6. The van der Waals surface area contributed by atoms with Gasteiger partial charge in [-0.25, -0.2) is 5.43 Å². The lowest BCUT2D eigenvalue weighted by atomic mass is 10.1. The second kappa shape index (κ2) is 15.2. The van der Waals surface area contributed by atoms with Crippen LogP contribution < -0.4 is 25.5 Å². The van der Waals surface area contributed by atoms with E-state index in [4.69, 9.17) is 14.2 Å². The van der Waals surface area contributed by atoms with Crippen LogP contribution in [0.5, 0.6) is 11.5 Å². The van der Waals surface area contributed by atoms with Crippen molar-refractivity contribution in [3.8, 4) is 11.5 Å². The van der Waals surface area contributed by atoms with Crippen LogP contribution in [0.1, 0.15) is 43.9 Å². The molecular weight excluding hydrogens is 476 g/mol. The maximum Gasteiger partial charge on any atom is 0.329 e. The molecule has 0 spiro atoms. The quantitative estimate of drug-likeness (QED) is 0.164. The zero-order chi connectivity index (χ0) is 27.2. The molecule has 0 atom stereocenters. The van der Waals surface area contributed by atoms with E-state index in [0.717, 1.165) is 16.8 Å². The highest BCUT2D eigenvalue weighted by molar-refractivity contribution is 6.35. The Balaban J connectivity index is 1.88. The number of nitrogens with one attached hydrogen (secondary N) is 3. The molecule has 0 aliphatic carbocycles. The summed E-state index contributed by atoms with van der Waals surface area (Å²) in [5.41, 5.74) is 5.60. The molecule has 0 radical (unpaired) electrons. The molecule has 0 saturated heterocycles. The molecule has 37 heavy (non-hydrogen) atoms. The number of carbonyl (C=O) groups is 3. The molecule has 200 valence electrons. The molecule has 0 aliphatic rings. The molecule has 0 heterocycles. The van der Waals surface area contributed by atoms with Crippen LogP contribution in [0.25, 0.3) is 0 Å². The molecule has 10 nitrogen and oxygen atoms in total. The standard InChI is InChI=1S/C27H36N4O6/c1-6-35-24-15-21(16-29-31-27(34)26(33)28-13-8-14-36-18(2)3)11-12-23(24)37-17-25(32)30-22-10-7-9-19(4)20(22)5/h7,9-12,15-16,18H,6,8,13-14,17H2,1-5H3,(H,28,33)(H,30,32)(H,31,34)/b29-16-. The van der Waals surface area contributed by atoms with E-state index in [1.54, 1.807) is 18.2 Å². The van der Waals surface area contributed by atoms with Gasteiger partial charge in [0.2, 0.25) is 0 Å². The fraction of sp³-hybridized carbons (Fsp3) is 0.407. The predicted octanol–water partition coefficient (Wildman–Crippen LogP) is 3.10. The van der Waals surface area contributed by atoms with Crippen LogP contribution in [-0.4, -0.2) is 56.4 Å². The van der Waals surface area contributed by atoms with Crippen LogP contribution >= 0.6 is 0 Å². The minimum absolute atomic E-state index is 0.116. The van der Waals surface area contributed by atoms with Gasteiger partial charge >= 0.3 is 11.8 Å². The Labute approximate surface area is 217 Å². The van der Waals surface area contributed by atoms with E-state index in [9.17, 15) is 14.4 Å². The van der Waals surface area contributed by atoms with Crippen LogP contribution in [0.3, 0.4) is 0 Å². The number of amides is 3. The number of rotatable bonds is 13. The Morgan fingerprint density at radius 2 is 1.81 bits per heavy atom. The third-order valence-electron chi connectivity index (χ3n) is 5.15. The van der Waals surface area contributed by atoms with Crippen molar-refractivity contribution in [1.82, 2.24) is 10.7 Å². The van der Waals surface area contributed by atoms with Crippen LogP contribution in [0.15, 0.2) is 41.5 Å². The molecule has 0 unspecified atom stereocenters. The van der Waals surface area contributed by atoms with Gasteiger partial charge in [-0.15, -0.1) is 0 Å². The molecular formula is C27H36N4O6. The first-order valence-electron chi connectivity index (χ1n) is 12.2. The number of anilines is 1. The second-order valence-electron chi connectivity index (χ2n) is 8.45. The number of ether oxygens (including phenoxy) is 3. The van der Waals surface area contributed by atoms with Crippen LogP contribution in [0.4, 0.5) is 5.69 Å². The topological polar surface area (TPSA) is 127 Å². The van der Waals surface area contributed by atoms with E-state index in [2.05, 4.69) is 21.2 Å². The van der Waals surface area contributed by atoms with Gasteiger partial charge in [0, 0.05) is 18.8 Å². The highest BCUT2D eigenvalue weighted by atomic mass is 16.5. The van der Waals surface area contributed by atoms with Crippen molar-refractivity contribution in [1.29, 1.82) is 0 Å². The van der Waals surface area contributed by atoms with Crippen molar-refractivity contribution in [3.05, 3.63) is 53.1 Å². The summed E-state index contributed by atoms with van der Waals surface area (Å²) < 4.78 is 16.7. The van der Waals surface area contributed by atoms with Gasteiger partial charge in [-0.2, -0.15) is 5.10 Å². The van der Waals surface area contributed by atoms with E-state index in [1.807, 2.05) is 52.8 Å². The van der Waals surface area contributed by atoms with Gasteiger partial charge in [-0.1, -0.05) is 12.1 Å². The fourth-order valence-electron chi connectivity index (χ4n) is 3.10. The molecule has 3 amide bonds. The average molecular weight is 513 g/mol. The normalized spacial score (nSPS) is 10.9. The third-order valence-corrected chi connectivity index (χ3v) is 5.15. The number of aryl methyl sites for hydroxylation is 1. The SMILES string of the molecule is CCOc1cc(/C=N\NC(=O)C(=O)NCCCOC(C)C)ccc1OCC(=O)Nc1cccc(C)c1C. The number of carbonyl (C=O) groups excluding carboxylic acids is 3. The number of hydrazone groups is 1. The summed E-state index contributed by atoms with van der Waals surface area (Å²) in [5, 5.41) is 9.19. The van der Waals surface area contributed by atoms with Crippen molar-refractivity contribution in [2.24, 2.45) is 5.10 Å². The molecule has 2 aromatic carbocycles. The zero-order valence-corrected chi connectivity index (χ0v) is 22.1. The van der Waals surface area contributed by atoms with Crippen molar-refractivity contribution in [3.63, 3.8) is 0 Å². The molecule has 2 aromatic rings. The van der Waals surface area contributed by atoms with Crippen LogP contribution in [0.2, 0.25) is 0 Å². The number of hydrogen-bond acceptors (Lipinski definition) is 7. The Morgan fingerprint density at radius 3 is 2.54 bits per heavy atom. The molecule has 0 aliphatic heterocycles. The largest absolute Gasteiger partial charge is 0.490 e. The summed E-state index contributed by atoms with van der Waals surface area (Å²) in [7, 11) is 0. The minimum Gasteiger partial charge on any atom is -0.490 e. The summed E-state index contributed by atoms with van der Waals surface area (Å²) in [6, 6.07) is 10.7. The first kappa shape index (κ1) is 29.3.